The van der Waals surface area contributed by atoms with Gasteiger partial charge in [-0.25, -0.2) is 0 Å². The molecule has 0 atom stereocenters. The van der Waals surface area contributed by atoms with E-state index < -0.39 is 0 Å². The molecular formula is C36H39N3S. The highest BCUT2D eigenvalue weighted by molar-refractivity contribution is 7.98. The number of nitrogens with zero attached hydrogens (tertiary/aromatic N) is 1. The van der Waals surface area contributed by atoms with Crippen molar-refractivity contribution in [3.05, 3.63) is 132 Å². The minimum absolute atomic E-state index is 0.627. The fraction of sp³-hybridized carbons (Fsp3) is 0.139. The molecule has 4 heteroatoms. The van der Waals surface area contributed by atoms with Gasteiger partial charge in [0.25, 0.3) is 0 Å². The number of hydrogen-bond acceptors (Lipinski definition) is 4. The lowest BCUT2D eigenvalue weighted by atomic mass is 9.88. The van der Waals surface area contributed by atoms with Gasteiger partial charge in [-0.1, -0.05) is 97.6 Å². The molecule has 0 aliphatic carbocycles. The quantitative estimate of drug-likeness (QED) is 0.0874. The predicted octanol–water partition coefficient (Wildman–Crippen LogP) is 9.61. The van der Waals surface area contributed by atoms with Gasteiger partial charge in [-0.2, -0.15) is 5.26 Å². The van der Waals surface area contributed by atoms with Gasteiger partial charge in [0, 0.05) is 16.0 Å². The molecule has 3 aromatic rings. The van der Waals surface area contributed by atoms with Crippen LogP contribution < -0.4 is 11.5 Å². The molecule has 0 aliphatic heterocycles. The van der Waals surface area contributed by atoms with Crippen LogP contribution in [0.2, 0.25) is 0 Å². The fourth-order valence-corrected chi connectivity index (χ4v) is 4.86. The van der Waals surface area contributed by atoms with Gasteiger partial charge in [-0.15, -0.1) is 11.8 Å². The summed E-state index contributed by atoms with van der Waals surface area (Å²) in [6.07, 6.45) is 22.6. The smallest absolute Gasteiger partial charge is 0.0988 e. The summed E-state index contributed by atoms with van der Waals surface area (Å²) in [5.41, 5.74) is 19.6. The predicted molar refractivity (Wildman–Crippen MR) is 178 cm³/mol. The van der Waals surface area contributed by atoms with Crippen LogP contribution in [0.25, 0.3) is 40.5 Å². The van der Waals surface area contributed by atoms with Crippen LogP contribution in [0.3, 0.4) is 0 Å². The van der Waals surface area contributed by atoms with Crippen LogP contribution in [0.15, 0.2) is 120 Å². The Bertz CT molecular complexity index is 1420. The summed E-state index contributed by atoms with van der Waals surface area (Å²) in [4.78, 5) is 1.24. The monoisotopic (exact) mass is 545 g/mol. The lowest BCUT2D eigenvalue weighted by molar-refractivity contribution is 1.04. The zero-order chi connectivity index (χ0) is 29.2. The van der Waals surface area contributed by atoms with Gasteiger partial charge in [-0.05, 0) is 96.9 Å². The molecule has 0 aromatic heterocycles. The molecule has 3 nitrogen and oxygen atoms in total. The normalized spacial score (nSPS) is 11.7. The van der Waals surface area contributed by atoms with Crippen molar-refractivity contribution in [1.82, 2.24) is 0 Å². The van der Waals surface area contributed by atoms with E-state index >= 15 is 0 Å². The van der Waals surface area contributed by atoms with E-state index in [0.29, 0.717) is 5.57 Å². The van der Waals surface area contributed by atoms with Crippen LogP contribution in [0.1, 0.15) is 43.4 Å². The van der Waals surface area contributed by atoms with E-state index in [1.807, 2.05) is 31.2 Å². The van der Waals surface area contributed by atoms with Crippen molar-refractivity contribution < 1.29 is 0 Å². The molecule has 40 heavy (non-hydrogen) atoms. The summed E-state index contributed by atoms with van der Waals surface area (Å²) in [6.45, 7) is 8.18. The Kier molecular flexibility index (Phi) is 14.2. The van der Waals surface area contributed by atoms with Crippen LogP contribution in [-0.2, 0) is 0 Å². The third-order valence-electron chi connectivity index (χ3n) is 6.04. The van der Waals surface area contributed by atoms with Gasteiger partial charge in [0.2, 0.25) is 0 Å². The maximum Gasteiger partial charge on any atom is 0.0988 e. The molecule has 0 aliphatic rings. The van der Waals surface area contributed by atoms with Crippen molar-refractivity contribution >= 4 is 30.0 Å². The molecule has 0 heterocycles. The van der Waals surface area contributed by atoms with E-state index in [4.69, 9.17) is 16.7 Å². The molecular weight excluding hydrogens is 506 g/mol. The Hall–Kier alpha value is -4.46. The van der Waals surface area contributed by atoms with Gasteiger partial charge < -0.3 is 11.5 Å². The Labute approximate surface area is 244 Å². The molecule has 0 bridgehead atoms. The van der Waals surface area contributed by atoms with Crippen LogP contribution >= 0.6 is 11.8 Å². The van der Waals surface area contributed by atoms with Crippen LogP contribution in [0.5, 0.6) is 0 Å². The number of thioether (sulfide) groups is 1. The molecule has 3 rings (SSSR count). The summed E-state index contributed by atoms with van der Waals surface area (Å²) in [5, 5.41) is 8.57. The molecule has 3 aromatic carbocycles. The number of allylic oxidation sites excluding steroid dienone is 6. The fourth-order valence-electron chi connectivity index (χ4n) is 4.20. The zero-order valence-corrected chi connectivity index (χ0v) is 24.5. The lowest BCUT2D eigenvalue weighted by Crippen LogP contribution is -1.95. The molecule has 0 saturated heterocycles. The third-order valence-corrected chi connectivity index (χ3v) is 6.80. The summed E-state index contributed by atoms with van der Waals surface area (Å²) in [7, 11) is 0. The second-order valence-electron chi connectivity index (χ2n) is 8.66. The van der Waals surface area contributed by atoms with Gasteiger partial charge in [0.05, 0.1) is 6.07 Å². The maximum absolute atomic E-state index is 8.57. The van der Waals surface area contributed by atoms with Gasteiger partial charge in [0.15, 0.2) is 0 Å². The summed E-state index contributed by atoms with van der Waals surface area (Å²) >= 11 is 1.76. The second kappa shape index (κ2) is 17.9. The Morgan fingerprint density at radius 3 is 2.17 bits per heavy atom. The highest BCUT2D eigenvalue weighted by Gasteiger charge is 2.17. The van der Waals surface area contributed by atoms with Gasteiger partial charge >= 0.3 is 0 Å². The highest BCUT2D eigenvalue weighted by atomic mass is 32.2. The number of benzene rings is 3. The third kappa shape index (κ3) is 9.08. The largest absolute Gasteiger partial charge is 0.405 e. The Balaban J connectivity index is 0.000000395. The van der Waals surface area contributed by atoms with E-state index in [0.717, 1.165) is 24.0 Å². The molecule has 0 saturated carbocycles. The van der Waals surface area contributed by atoms with Gasteiger partial charge in [-0.3, -0.25) is 0 Å². The van der Waals surface area contributed by atoms with Crippen molar-refractivity contribution in [3.63, 3.8) is 0 Å². The Morgan fingerprint density at radius 1 is 0.900 bits per heavy atom. The first kappa shape index (κ1) is 31.8. The summed E-state index contributed by atoms with van der Waals surface area (Å²) in [6, 6.07) is 23.4. The SMILES string of the molecule is C/C=C\CC/C=C(C#N)\C=C/N.C=Cc1c(/C=C\C)c(-c2ccccc2)cc(SC)c1-c1ccc(/C=C/N)cc1. The molecule has 0 amide bonds. The van der Waals surface area contributed by atoms with Crippen LogP contribution in [-0.4, -0.2) is 6.26 Å². The van der Waals surface area contributed by atoms with Crippen molar-refractivity contribution in [2.75, 3.05) is 6.26 Å². The minimum atomic E-state index is 0.627. The molecule has 204 valence electrons. The maximum atomic E-state index is 8.57. The molecule has 0 unspecified atom stereocenters. The number of nitriles is 1. The first-order valence-electron chi connectivity index (χ1n) is 13.2. The molecule has 4 N–H and O–H groups in total. The van der Waals surface area contributed by atoms with E-state index in [1.165, 1.54) is 38.9 Å². The van der Waals surface area contributed by atoms with Crippen molar-refractivity contribution in [3.8, 4) is 28.3 Å². The highest BCUT2D eigenvalue weighted by Crippen LogP contribution is 2.41. The summed E-state index contributed by atoms with van der Waals surface area (Å²) < 4.78 is 0. The number of rotatable bonds is 10. The first-order chi connectivity index (χ1) is 19.6. The Morgan fingerprint density at radius 2 is 1.62 bits per heavy atom. The number of unbranched alkanes of at least 4 members (excludes halogenated alkanes) is 1. The van der Waals surface area contributed by atoms with E-state index in [9.17, 15) is 0 Å². The lowest BCUT2D eigenvalue weighted by Gasteiger charge is -2.19. The minimum Gasteiger partial charge on any atom is -0.405 e. The van der Waals surface area contributed by atoms with Crippen LogP contribution in [0.4, 0.5) is 0 Å². The van der Waals surface area contributed by atoms with Crippen molar-refractivity contribution in [2.45, 2.75) is 31.6 Å². The molecule has 0 fully saturated rings. The number of hydrogen-bond donors (Lipinski definition) is 2. The van der Waals surface area contributed by atoms with Crippen molar-refractivity contribution in [1.29, 1.82) is 5.26 Å². The average molecular weight is 546 g/mol. The van der Waals surface area contributed by atoms with Gasteiger partial charge in [0.1, 0.15) is 0 Å². The molecule has 0 radical (unpaired) electrons. The second-order valence-corrected chi connectivity index (χ2v) is 9.50. The number of nitrogens with two attached hydrogens (primary N) is 2. The van der Waals surface area contributed by atoms with Crippen molar-refractivity contribution in [2.24, 2.45) is 11.5 Å². The van der Waals surface area contributed by atoms with E-state index in [-0.39, 0.29) is 0 Å². The van der Waals surface area contributed by atoms with E-state index in [1.54, 1.807) is 24.0 Å². The average Bonchev–Trinajstić information content (AvgIpc) is 3.00. The van der Waals surface area contributed by atoms with Crippen LogP contribution in [0, 0.1) is 11.3 Å². The van der Waals surface area contributed by atoms with E-state index in [2.05, 4.69) is 105 Å². The summed E-state index contributed by atoms with van der Waals surface area (Å²) in [5.74, 6) is 0. The molecule has 0 spiro atoms. The zero-order valence-electron chi connectivity index (χ0n) is 23.7. The standard InChI is InChI=1S/C26H25NS.C10H14N2/c1-4-9-23-22(5-2)26(21-14-12-19(13-15-21)16-17-27)25(28-3)18-24(23)20-10-7-6-8-11-20;1-2-3-4-5-6-10(9-12)7-8-11/h4-18H,2,27H2,1,3H3;2-3,6-8H,4-5,11H2,1H3/b9-4-,17-16+;3-2-,8-7-,10-6+. The topological polar surface area (TPSA) is 75.8 Å². The first-order valence-corrected chi connectivity index (χ1v) is 14.4.